The molecule has 0 aliphatic carbocycles. The van der Waals surface area contributed by atoms with Crippen molar-refractivity contribution in [1.29, 1.82) is 0 Å². The molecule has 2 aromatic rings. The maximum Gasteiger partial charge on any atom is 0.221 e. The summed E-state index contributed by atoms with van der Waals surface area (Å²) in [5.41, 5.74) is 1.50. The molecule has 1 N–H and O–H groups in total. The molecule has 1 saturated heterocycles. The van der Waals surface area contributed by atoms with Crippen LogP contribution in [0, 0.1) is 5.82 Å². The number of benzene rings is 1. The molecule has 0 spiro atoms. The van der Waals surface area contributed by atoms with Crippen molar-refractivity contribution in [1.82, 2.24) is 25.2 Å². The number of fused-ring (bicyclic) bond motifs is 3. The summed E-state index contributed by atoms with van der Waals surface area (Å²) in [6, 6.07) is 6.63. The van der Waals surface area contributed by atoms with E-state index in [0.717, 1.165) is 25.2 Å². The number of amides is 1. The minimum atomic E-state index is -0.296. The van der Waals surface area contributed by atoms with Gasteiger partial charge in [0.25, 0.3) is 0 Å². The zero-order valence-corrected chi connectivity index (χ0v) is 14.5. The summed E-state index contributed by atoms with van der Waals surface area (Å²) >= 11 is 0. The van der Waals surface area contributed by atoms with Gasteiger partial charge in [0.15, 0.2) is 0 Å². The number of halogens is 1. The number of piperidine rings is 1. The van der Waals surface area contributed by atoms with Crippen LogP contribution in [0.5, 0.6) is 0 Å². The lowest BCUT2D eigenvalue weighted by atomic mass is 10.0. The van der Waals surface area contributed by atoms with E-state index in [0.29, 0.717) is 25.1 Å². The molecule has 1 aromatic carbocycles. The topological polar surface area (TPSA) is 72.3 Å². The molecule has 0 bridgehead atoms. The van der Waals surface area contributed by atoms with Crippen LogP contribution in [0.15, 0.2) is 30.5 Å². The third-order valence-electron chi connectivity index (χ3n) is 5.10. The zero-order valence-electron chi connectivity index (χ0n) is 14.5. The summed E-state index contributed by atoms with van der Waals surface area (Å²) in [4.78, 5) is 14.4. The second-order valence-electron chi connectivity index (χ2n) is 6.79. The number of ether oxygens (including phenoxy) is 1. The highest BCUT2D eigenvalue weighted by Crippen LogP contribution is 2.29. The zero-order chi connectivity index (χ0) is 17.9. The molecule has 0 unspecified atom stereocenters. The van der Waals surface area contributed by atoms with Gasteiger partial charge in [-0.3, -0.25) is 4.79 Å². The van der Waals surface area contributed by atoms with Gasteiger partial charge in [0, 0.05) is 38.2 Å². The number of likely N-dealkylation sites (tertiary alicyclic amines) is 1. The lowest BCUT2D eigenvalue weighted by Gasteiger charge is -2.40. The molecule has 2 aliphatic heterocycles. The van der Waals surface area contributed by atoms with E-state index in [9.17, 15) is 9.18 Å². The summed E-state index contributed by atoms with van der Waals surface area (Å²) in [7, 11) is 0. The first-order chi connectivity index (χ1) is 12.7. The van der Waals surface area contributed by atoms with Crippen molar-refractivity contribution in [3.8, 4) is 0 Å². The molecule has 1 aromatic heterocycles. The van der Waals surface area contributed by atoms with Gasteiger partial charge < -0.3 is 15.0 Å². The predicted molar refractivity (Wildman–Crippen MR) is 91.6 cm³/mol. The lowest BCUT2D eigenvalue weighted by Crippen LogP contribution is -2.48. The molecule has 3 heterocycles. The van der Waals surface area contributed by atoms with Crippen LogP contribution in [0.2, 0.25) is 0 Å². The first-order valence-corrected chi connectivity index (χ1v) is 8.94. The van der Waals surface area contributed by atoms with Gasteiger partial charge in [0.05, 0.1) is 30.6 Å². The Kier molecular flexibility index (Phi) is 4.94. The van der Waals surface area contributed by atoms with Gasteiger partial charge in [0.1, 0.15) is 5.82 Å². The van der Waals surface area contributed by atoms with Crippen LogP contribution in [0.4, 0.5) is 4.39 Å². The van der Waals surface area contributed by atoms with Gasteiger partial charge in [0.2, 0.25) is 5.91 Å². The van der Waals surface area contributed by atoms with E-state index in [1.165, 1.54) is 6.07 Å². The van der Waals surface area contributed by atoms with Crippen molar-refractivity contribution in [3.63, 3.8) is 0 Å². The van der Waals surface area contributed by atoms with Gasteiger partial charge in [-0.15, -0.1) is 5.10 Å². The average Bonchev–Trinajstić information content (AvgIpc) is 3.15. The number of nitrogens with zero attached hydrogens (tertiary/aromatic N) is 4. The molecule has 0 radical (unpaired) electrons. The van der Waals surface area contributed by atoms with Gasteiger partial charge in [-0.1, -0.05) is 23.4 Å². The Balaban J connectivity index is 1.26. The Morgan fingerprint density at radius 2 is 2.27 bits per heavy atom. The largest absolute Gasteiger partial charge is 0.370 e. The minimum Gasteiger partial charge on any atom is -0.370 e. The molecule has 4 rings (SSSR count). The van der Waals surface area contributed by atoms with Gasteiger partial charge >= 0.3 is 0 Å². The fourth-order valence-electron chi connectivity index (χ4n) is 3.63. The highest BCUT2D eigenvalue weighted by molar-refractivity contribution is 5.76. The Hall–Kier alpha value is -2.32. The summed E-state index contributed by atoms with van der Waals surface area (Å²) in [5.74, 6) is -0.368. The summed E-state index contributed by atoms with van der Waals surface area (Å²) < 4.78 is 21.4. The van der Waals surface area contributed by atoms with Crippen LogP contribution < -0.4 is 5.32 Å². The van der Waals surface area contributed by atoms with E-state index >= 15 is 0 Å². The third kappa shape index (κ3) is 3.61. The van der Waals surface area contributed by atoms with Crippen LogP contribution in [-0.2, 0) is 22.7 Å². The second-order valence-corrected chi connectivity index (χ2v) is 6.79. The number of nitrogens with one attached hydrogen (secondary N) is 1. The molecule has 2 aliphatic rings. The summed E-state index contributed by atoms with van der Waals surface area (Å²) in [5, 5.41) is 11.0. The molecular weight excluding hydrogens is 337 g/mol. The molecule has 1 amide bonds. The Labute approximate surface area is 151 Å². The fraction of sp³-hybridized carbons (Fsp3) is 0.500. The average molecular weight is 359 g/mol. The molecule has 138 valence electrons. The van der Waals surface area contributed by atoms with Crippen LogP contribution >= 0.6 is 0 Å². The SMILES string of the molecule is O=C(CCN1CC[C@H]2OCc3cnnn3[C@H]2C1)NCc1ccccc1F. The lowest BCUT2D eigenvalue weighted by molar-refractivity contribution is -0.122. The maximum absolute atomic E-state index is 13.6. The van der Waals surface area contributed by atoms with E-state index in [4.69, 9.17) is 4.74 Å². The second kappa shape index (κ2) is 7.51. The number of rotatable bonds is 5. The predicted octanol–water partition coefficient (Wildman–Crippen LogP) is 1.27. The smallest absolute Gasteiger partial charge is 0.221 e. The van der Waals surface area contributed by atoms with E-state index in [-0.39, 0.29) is 30.4 Å². The summed E-state index contributed by atoms with van der Waals surface area (Å²) in [6.45, 7) is 3.13. The molecular formula is C18H22FN5O2. The fourth-order valence-corrected chi connectivity index (χ4v) is 3.63. The molecule has 8 heteroatoms. The van der Waals surface area contributed by atoms with Crippen LogP contribution in [0.1, 0.15) is 30.1 Å². The molecule has 26 heavy (non-hydrogen) atoms. The van der Waals surface area contributed by atoms with E-state index in [1.54, 1.807) is 24.4 Å². The number of hydrogen-bond acceptors (Lipinski definition) is 5. The first kappa shape index (κ1) is 17.1. The minimum absolute atomic E-state index is 0.0725. The van der Waals surface area contributed by atoms with Crippen LogP contribution in [-0.4, -0.2) is 51.5 Å². The van der Waals surface area contributed by atoms with Gasteiger partial charge in [-0.25, -0.2) is 9.07 Å². The number of carbonyl (C=O) groups is 1. The normalized spacial score (nSPS) is 22.5. The van der Waals surface area contributed by atoms with Crippen LogP contribution in [0.25, 0.3) is 0 Å². The standard InChI is InChI=1S/C18H22FN5O2/c19-15-4-2-1-3-13(15)9-20-18(25)6-8-23-7-5-17-16(11-23)24-14(12-26-17)10-21-22-24/h1-4,10,16-17H,5-9,11-12H2,(H,20,25)/t16-,17+/m0/s1. The Bertz CT molecular complexity index is 780. The van der Waals surface area contributed by atoms with Crippen molar-refractivity contribution < 1.29 is 13.9 Å². The third-order valence-corrected chi connectivity index (χ3v) is 5.10. The Morgan fingerprint density at radius 1 is 1.38 bits per heavy atom. The molecule has 1 fully saturated rings. The quantitative estimate of drug-likeness (QED) is 0.870. The van der Waals surface area contributed by atoms with Crippen molar-refractivity contribution in [3.05, 3.63) is 47.5 Å². The molecule has 2 atom stereocenters. The van der Waals surface area contributed by atoms with Gasteiger partial charge in [-0.05, 0) is 12.5 Å². The van der Waals surface area contributed by atoms with Crippen molar-refractivity contribution in [2.24, 2.45) is 0 Å². The number of hydrogen-bond donors (Lipinski definition) is 1. The van der Waals surface area contributed by atoms with E-state index in [1.807, 2.05) is 4.68 Å². The number of carbonyl (C=O) groups excluding carboxylic acids is 1. The highest BCUT2D eigenvalue weighted by Gasteiger charge is 2.36. The summed E-state index contributed by atoms with van der Waals surface area (Å²) in [6.07, 6.45) is 3.21. The molecule has 0 saturated carbocycles. The maximum atomic E-state index is 13.6. The van der Waals surface area contributed by atoms with E-state index < -0.39 is 0 Å². The van der Waals surface area contributed by atoms with Gasteiger partial charge in [-0.2, -0.15) is 0 Å². The first-order valence-electron chi connectivity index (χ1n) is 8.94. The van der Waals surface area contributed by atoms with E-state index in [2.05, 4.69) is 20.5 Å². The van der Waals surface area contributed by atoms with Crippen LogP contribution in [0.3, 0.4) is 0 Å². The monoisotopic (exact) mass is 359 g/mol. The van der Waals surface area contributed by atoms with Crippen molar-refractivity contribution in [2.75, 3.05) is 19.6 Å². The van der Waals surface area contributed by atoms with Crippen molar-refractivity contribution in [2.45, 2.75) is 38.1 Å². The highest BCUT2D eigenvalue weighted by atomic mass is 19.1. The number of aromatic nitrogens is 3. The molecule has 7 nitrogen and oxygen atoms in total. The Morgan fingerprint density at radius 3 is 3.15 bits per heavy atom. The van der Waals surface area contributed by atoms with Crippen molar-refractivity contribution >= 4 is 5.91 Å².